The molecular weight excluding hydrogens is 718 g/mol. The number of hydrogen-bond acceptors (Lipinski definition) is 8. The summed E-state index contributed by atoms with van der Waals surface area (Å²) in [5.41, 5.74) is 3.20. The summed E-state index contributed by atoms with van der Waals surface area (Å²) in [6.45, 7) is 0. The van der Waals surface area contributed by atoms with Gasteiger partial charge in [0.1, 0.15) is 10.9 Å². The normalized spacial score (nSPS) is 11.7. The third-order valence-electron chi connectivity index (χ3n) is 7.51. The van der Waals surface area contributed by atoms with E-state index in [0.717, 1.165) is 11.1 Å². The maximum absolute atomic E-state index is 13.8. The molecule has 1 heterocycles. The second kappa shape index (κ2) is 16.8. The molecule has 52 heavy (non-hydrogen) atoms. The maximum atomic E-state index is 13.8. The zero-order chi connectivity index (χ0) is 36.5. The molecular formula is C39H28ClN5O5S2. The van der Waals surface area contributed by atoms with E-state index in [2.05, 4.69) is 20.9 Å². The van der Waals surface area contributed by atoms with Gasteiger partial charge in [0.25, 0.3) is 17.5 Å². The Balaban J connectivity index is 1.22. The number of carbonyl (C=O) groups is 3. The Hall–Kier alpha value is -6.08. The number of nitrogens with one attached hydrogen (secondary N) is 3. The van der Waals surface area contributed by atoms with E-state index in [9.17, 15) is 24.5 Å². The molecule has 6 aromatic rings. The summed E-state index contributed by atoms with van der Waals surface area (Å²) in [5, 5.41) is 21.7. The van der Waals surface area contributed by atoms with Crippen LogP contribution in [-0.4, -0.2) is 27.6 Å². The topological polar surface area (TPSA) is 143 Å². The Morgan fingerprint density at radius 1 is 0.827 bits per heavy atom. The molecule has 1 aromatic heterocycles. The first kappa shape index (κ1) is 35.7. The molecule has 0 aliphatic heterocycles. The predicted molar refractivity (Wildman–Crippen MR) is 206 cm³/mol. The summed E-state index contributed by atoms with van der Waals surface area (Å²) in [6.07, 6.45) is 1.43. The minimum Gasteiger partial charge on any atom is -0.321 e. The van der Waals surface area contributed by atoms with Crippen LogP contribution in [0.5, 0.6) is 0 Å². The van der Waals surface area contributed by atoms with Gasteiger partial charge in [-0.05, 0) is 65.7 Å². The molecule has 3 amide bonds. The summed E-state index contributed by atoms with van der Waals surface area (Å²) in [7, 11) is 0. The maximum Gasteiger partial charge on any atom is 0.272 e. The molecule has 0 saturated carbocycles. The minimum atomic E-state index is -0.678. The zero-order valence-electron chi connectivity index (χ0n) is 27.1. The van der Waals surface area contributed by atoms with Crippen molar-refractivity contribution < 1.29 is 19.3 Å². The fourth-order valence-electron chi connectivity index (χ4n) is 4.98. The highest BCUT2D eigenvalue weighted by Crippen LogP contribution is 2.38. The molecule has 0 saturated heterocycles. The largest absolute Gasteiger partial charge is 0.321 e. The van der Waals surface area contributed by atoms with Gasteiger partial charge in [-0.15, -0.1) is 23.1 Å². The van der Waals surface area contributed by atoms with Crippen molar-refractivity contribution in [1.29, 1.82) is 0 Å². The van der Waals surface area contributed by atoms with E-state index in [1.54, 1.807) is 54.6 Å². The van der Waals surface area contributed by atoms with Gasteiger partial charge in [-0.2, -0.15) is 0 Å². The predicted octanol–water partition coefficient (Wildman–Crippen LogP) is 9.25. The van der Waals surface area contributed by atoms with E-state index in [4.69, 9.17) is 11.6 Å². The highest BCUT2D eigenvalue weighted by molar-refractivity contribution is 8.00. The van der Waals surface area contributed by atoms with Crippen LogP contribution in [0.25, 0.3) is 17.3 Å². The molecule has 10 nitrogen and oxygen atoms in total. The van der Waals surface area contributed by atoms with Gasteiger partial charge < -0.3 is 16.0 Å². The minimum absolute atomic E-state index is 0.0816. The molecule has 3 N–H and O–H groups in total. The number of halogens is 1. The van der Waals surface area contributed by atoms with E-state index >= 15 is 0 Å². The molecule has 0 aliphatic rings. The number of rotatable bonds is 12. The van der Waals surface area contributed by atoms with Crippen LogP contribution in [0.15, 0.2) is 149 Å². The quantitative estimate of drug-likeness (QED) is 0.0490. The number of thioether (sulfide) groups is 1. The van der Waals surface area contributed by atoms with Gasteiger partial charge in [0.05, 0.1) is 10.6 Å². The SMILES string of the molecule is O=C(Nc1cccc(SC(C(=O)Nc2nc(-c3ccccc3Cl)cs2)c2ccccc2)c1)/C(=C\c1ccc([N+](=O)[O-])cc1)NC(=O)c1ccccc1. The summed E-state index contributed by atoms with van der Waals surface area (Å²) in [6, 6.07) is 37.6. The van der Waals surface area contributed by atoms with Crippen LogP contribution in [0, 0.1) is 10.1 Å². The number of benzene rings is 5. The van der Waals surface area contributed by atoms with E-state index in [1.165, 1.54) is 53.4 Å². The van der Waals surface area contributed by atoms with E-state index in [-0.39, 0.29) is 17.3 Å². The van der Waals surface area contributed by atoms with Gasteiger partial charge in [-0.3, -0.25) is 24.5 Å². The van der Waals surface area contributed by atoms with Crippen LogP contribution in [0.1, 0.15) is 26.7 Å². The van der Waals surface area contributed by atoms with Gasteiger partial charge in [0.2, 0.25) is 5.91 Å². The van der Waals surface area contributed by atoms with Gasteiger partial charge in [0, 0.05) is 44.2 Å². The molecule has 1 unspecified atom stereocenters. The zero-order valence-corrected chi connectivity index (χ0v) is 29.5. The lowest BCUT2D eigenvalue weighted by molar-refractivity contribution is -0.384. The standard InChI is InChI=1S/C39H28ClN5O5S2/c40-32-17-8-7-16-31(32)34-24-51-39(43-34)44-38(48)35(26-10-3-1-4-11-26)52-30-15-9-14-28(23-30)41-37(47)33(42-36(46)27-12-5-2-6-13-27)22-25-18-20-29(21-19-25)45(49)50/h1-24,35H,(H,41,47)(H,42,46)(H,43,44,48)/b33-22+. The number of hydrogen-bond donors (Lipinski definition) is 3. The fraction of sp³-hybridized carbons (Fsp3) is 0.0256. The number of anilines is 2. The number of nitro benzene ring substituents is 1. The highest BCUT2D eigenvalue weighted by atomic mass is 35.5. The van der Waals surface area contributed by atoms with E-state index < -0.39 is 22.0 Å². The van der Waals surface area contributed by atoms with Crippen molar-refractivity contribution >= 4 is 75.0 Å². The average molecular weight is 746 g/mol. The molecule has 5 aromatic carbocycles. The number of amides is 3. The third kappa shape index (κ3) is 9.17. The van der Waals surface area contributed by atoms with Crippen LogP contribution in [-0.2, 0) is 9.59 Å². The van der Waals surface area contributed by atoms with Gasteiger partial charge in [0.15, 0.2) is 5.13 Å². The summed E-state index contributed by atoms with van der Waals surface area (Å²) in [4.78, 5) is 56.4. The first-order valence-electron chi connectivity index (χ1n) is 15.7. The molecule has 0 fully saturated rings. The Bertz CT molecular complexity index is 2260. The molecule has 0 aliphatic carbocycles. The molecule has 0 bridgehead atoms. The lowest BCUT2D eigenvalue weighted by Gasteiger charge is -2.17. The number of carbonyl (C=O) groups excluding carboxylic acids is 3. The van der Waals surface area contributed by atoms with Crippen molar-refractivity contribution in [3.63, 3.8) is 0 Å². The summed E-state index contributed by atoms with van der Waals surface area (Å²) in [5.74, 6) is -1.42. The molecule has 0 radical (unpaired) electrons. The van der Waals surface area contributed by atoms with E-state index in [0.29, 0.717) is 37.6 Å². The monoisotopic (exact) mass is 745 g/mol. The Labute approximate surface area is 311 Å². The smallest absolute Gasteiger partial charge is 0.272 e. The lowest BCUT2D eigenvalue weighted by atomic mass is 10.1. The average Bonchev–Trinajstić information content (AvgIpc) is 3.62. The molecule has 13 heteroatoms. The van der Waals surface area contributed by atoms with Gasteiger partial charge in [-0.1, -0.05) is 84.4 Å². The van der Waals surface area contributed by atoms with Crippen LogP contribution < -0.4 is 16.0 Å². The third-order valence-corrected chi connectivity index (χ3v) is 9.85. The summed E-state index contributed by atoms with van der Waals surface area (Å²) < 4.78 is 0. The second-order valence-corrected chi connectivity index (χ2v) is 13.6. The Morgan fingerprint density at radius 3 is 2.23 bits per heavy atom. The second-order valence-electron chi connectivity index (χ2n) is 11.1. The number of nitro groups is 1. The van der Waals surface area contributed by atoms with Crippen LogP contribution >= 0.6 is 34.7 Å². The van der Waals surface area contributed by atoms with Gasteiger partial charge >= 0.3 is 0 Å². The van der Waals surface area contributed by atoms with Crippen molar-refractivity contribution in [2.75, 3.05) is 10.6 Å². The van der Waals surface area contributed by atoms with Crippen LogP contribution in [0.4, 0.5) is 16.5 Å². The summed E-state index contributed by atoms with van der Waals surface area (Å²) >= 11 is 8.95. The van der Waals surface area contributed by atoms with Crippen LogP contribution in [0.2, 0.25) is 5.02 Å². The lowest BCUT2D eigenvalue weighted by Crippen LogP contribution is -2.30. The van der Waals surface area contributed by atoms with Crippen molar-refractivity contribution in [3.8, 4) is 11.3 Å². The first-order chi connectivity index (χ1) is 25.2. The number of nitrogens with zero attached hydrogens (tertiary/aromatic N) is 2. The fourth-order valence-corrected chi connectivity index (χ4v) is 7.01. The number of aromatic nitrogens is 1. The Morgan fingerprint density at radius 2 is 1.52 bits per heavy atom. The molecule has 258 valence electrons. The van der Waals surface area contributed by atoms with Crippen molar-refractivity contribution in [2.24, 2.45) is 0 Å². The van der Waals surface area contributed by atoms with Crippen molar-refractivity contribution in [1.82, 2.24) is 10.3 Å². The van der Waals surface area contributed by atoms with Gasteiger partial charge in [-0.25, -0.2) is 4.98 Å². The number of non-ortho nitro benzene ring substituents is 1. The molecule has 0 spiro atoms. The van der Waals surface area contributed by atoms with Crippen molar-refractivity contribution in [2.45, 2.75) is 10.1 Å². The number of thiazole rings is 1. The van der Waals surface area contributed by atoms with Crippen LogP contribution in [0.3, 0.4) is 0 Å². The molecule has 1 atom stereocenters. The first-order valence-corrected chi connectivity index (χ1v) is 17.8. The van der Waals surface area contributed by atoms with Crippen molar-refractivity contribution in [3.05, 3.63) is 176 Å². The molecule has 6 rings (SSSR count). The Kier molecular flexibility index (Phi) is 11.5. The highest BCUT2D eigenvalue weighted by Gasteiger charge is 2.24. The van der Waals surface area contributed by atoms with E-state index in [1.807, 2.05) is 60.0 Å².